The highest BCUT2D eigenvalue weighted by molar-refractivity contribution is 7.12. The summed E-state index contributed by atoms with van der Waals surface area (Å²) in [6, 6.07) is 1.27. The number of rotatable bonds is 7. The van der Waals surface area contributed by atoms with Crippen molar-refractivity contribution in [2.75, 3.05) is 0 Å². The highest BCUT2D eigenvalue weighted by Crippen LogP contribution is 2.34. The van der Waals surface area contributed by atoms with Gasteiger partial charge >= 0.3 is 5.97 Å². The normalized spacial score (nSPS) is 22.0. The third-order valence-corrected chi connectivity index (χ3v) is 5.27. The number of halogens is 2. The average Bonchev–Trinajstić information content (AvgIpc) is 2.97. The molecule has 0 bridgehead atoms. The molecule has 124 valence electrons. The van der Waals surface area contributed by atoms with Crippen LogP contribution in [0, 0.1) is 11.8 Å². The lowest BCUT2D eigenvalue weighted by Crippen LogP contribution is -2.25. The highest BCUT2D eigenvalue weighted by atomic mass is 32.1. The van der Waals surface area contributed by atoms with Gasteiger partial charge in [0, 0.05) is 17.0 Å². The Bertz CT molecular complexity index is 465. The van der Waals surface area contributed by atoms with E-state index in [2.05, 4.69) is 6.92 Å². The molecule has 1 fully saturated rings. The lowest BCUT2D eigenvalue weighted by atomic mass is 9.80. The van der Waals surface area contributed by atoms with Crippen LogP contribution in [0.2, 0.25) is 0 Å². The number of carbonyl (C=O) groups is 1. The van der Waals surface area contributed by atoms with E-state index >= 15 is 0 Å². The maximum Gasteiger partial charge on any atom is 0.315 e. The zero-order valence-corrected chi connectivity index (χ0v) is 13.8. The molecular weight excluding hydrogens is 306 g/mol. The molecule has 0 aromatic carbocycles. The van der Waals surface area contributed by atoms with Crippen molar-refractivity contribution < 1.29 is 18.3 Å². The molecule has 1 aromatic rings. The van der Waals surface area contributed by atoms with Gasteiger partial charge in [0.05, 0.1) is 5.92 Å². The number of hydrogen-bond acceptors (Lipinski definition) is 3. The summed E-state index contributed by atoms with van der Waals surface area (Å²) in [6.07, 6.45) is 6.44. The maximum absolute atomic E-state index is 12.5. The van der Waals surface area contributed by atoms with Crippen molar-refractivity contribution in [1.29, 1.82) is 0 Å². The smallest absolute Gasteiger partial charge is 0.315 e. The number of carbonyl (C=O) groups excluding carboxylic acids is 1. The van der Waals surface area contributed by atoms with Crippen LogP contribution in [-0.4, -0.2) is 5.97 Å². The number of ether oxygens (including phenoxy) is 1. The Labute approximate surface area is 134 Å². The molecule has 0 saturated heterocycles. The molecule has 2 nitrogen and oxygen atoms in total. The minimum atomic E-state index is -2.51. The maximum atomic E-state index is 12.5. The molecule has 0 spiro atoms. The van der Waals surface area contributed by atoms with Crippen molar-refractivity contribution >= 4 is 17.3 Å². The summed E-state index contributed by atoms with van der Waals surface area (Å²) in [7, 11) is 0. The van der Waals surface area contributed by atoms with Crippen LogP contribution >= 0.6 is 11.3 Å². The summed E-state index contributed by atoms with van der Waals surface area (Å²) >= 11 is 1.06. The fraction of sp³-hybridized carbons (Fsp3) is 0.706. The molecule has 5 heteroatoms. The highest BCUT2D eigenvalue weighted by Gasteiger charge is 2.28. The quantitative estimate of drug-likeness (QED) is 0.454. The molecule has 1 aromatic heterocycles. The van der Waals surface area contributed by atoms with Gasteiger partial charge in [-0.25, -0.2) is 8.78 Å². The zero-order chi connectivity index (χ0) is 15.9. The third-order valence-electron chi connectivity index (χ3n) is 4.44. The van der Waals surface area contributed by atoms with Gasteiger partial charge in [0.25, 0.3) is 6.43 Å². The van der Waals surface area contributed by atoms with Crippen LogP contribution < -0.4 is 4.74 Å². The first-order valence-corrected chi connectivity index (χ1v) is 9.06. The summed E-state index contributed by atoms with van der Waals surface area (Å²) in [5.74, 6) is 0.414. The van der Waals surface area contributed by atoms with Gasteiger partial charge in [0.1, 0.15) is 0 Å². The van der Waals surface area contributed by atoms with Crippen LogP contribution in [0.25, 0.3) is 0 Å². The Kier molecular flexibility index (Phi) is 6.80. The third kappa shape index (κ3) is 5.04. The summed E-state index contributed by atoms with van der Waals surface area (Å²) in [4.78, 5) is 12.1. The van der Waals surface area contributed by atoms with Crippen LogP contribution in [0.1, 0.15) is 70.3 Å². The van der Waals surface area contributed by atoms with Crippen molar-refractivity contribution in [2.24, 2.45) is 11.8 Å². The first-order chi connectivity index (χ1) is 10.6. The van der Waals surface area contributed by atoms with Crippen LogP contribution in [-0.2, 0) is 4.79 Å². The largest absolute Gasteiger partial charge is 0.415 e. The van der Waals surface area contributed by atoms with Crippen molar-refractivity contribution in [3.8, 4) is 5.06 Å². The van der Waals surface area contributed by atoms with Gasteiger partial charge in [0.2, 0.25) is 0 Å². The SMILES string of the molecule is CCCCCC1CCC(C(=O)Oc2cc(C(F)F)cs2)CC1. The Morgan fingerprint density at radius 2 is 2.05 bits per heavy atom. The van der Waals surface area contributed by atoms with Gasteiger partial charge in [-0.15, -0.1) is 11.3 Å². The minimum absolute atomic E-state index is 0.0699. The molecule has 0 amide bonds. The van der Waals surface area contributed by atoms with Gasteiger partial charge in [-0.1, -0.05) is 32.6 Å². The molecule has 0 unspecified atom stereocenters. The van der Waals surface area contributed by atoms with Gasteiger partial charge in [-0.3, -0.25) is 4.79 Å². The van der Waals surface area contributed by atoms with E-state index < -0.39 is 6.43 Å². The lowest BCUT2D eigenvalue weighted by Gasteiger charge is -2.27. The first-order valence-electron chi connectivity index (χ1n) is 8.18. The number of esters is 1. The number of alkyl halides is 2. The molecule has 1 aliphatic carbocycles. The van der Waals surface area contributed by atoms with E-state index in [4.69, 9.17) is 4.74 Å². The van der Waals surface area contributed by atoms with Crippen molar-refractivity contribution in [3.63, 3.8) is 0 Å². The summed E-state index contributed by atoms with van der Waals surface area (Å²) in [6.45, 7) is 2.21. The molecule has 0 radical (unpaired) electrons. The number of hydrogen-bond donors (Lipinski definition) is 0. The summed E-state index contributed by atoms with van der Waals surface area (Å²) in [5, 5.41) is 1.63. The Hall–Kier alpha value is -0.970. The fourth-order valence-corrected chi connectivity index (χ4v) is 3.81. The van der Waals surface area contributed by atoms with Crippen LogP contribution in [0.4, 0.5) is 8.78 Å². The molecule has 1 saturated carbocycles. The monoisotopic (exact) mass is 330 g/mol. The van der Waals surface area contributed by atoms with E-state index in [1.807, 2.05) is 0 Å². The van der Waals surface area contributed by atoms with E-state index in [-0.39, 0.29) is 22.5 Å². The molecule has 0 N–H and O–H groups in total. The van der Waals surface area contributed by atoms with Crippen LogP contribution in [0.15, 0.2) is 11.4 Å². The van der Waals surface area contributed by atoms with Crippen LogP contribution in [0.3, 0.4) is 0 Å². The van der Waals surface area contributed by atoms with Crippen LogP contribution in [0.5, 0.6) is 5.06 Å². The second kappa shape index (κ2) is 8.61. The Morgan fingerprint density at radius 1 is 1.32 bits per heavy atom. The number of thiophene rings is 1. The summed E-state index contributed by atoms with van der Waals surface area (Å²) < 4.78 is 30.3. The van der Waals surface area contributed by atoms with E-state index in [0.29, 0.717) is 0 Å². The molecule has 2 rings (SSSR count). The molecule has 22 heavy (non-hydrogen) atoms. The summed E-state index contributed by atoms with van der Waals surface area (Å²) in [5.41, 5.74) is -0.0765. The standard InChI is InChI=1S/C17H24F2O2S/c1-2-3-4-5-12-6-8-13(9-7-12)17(20)21-15-10-14(11-22-15)16(18)19/h10-13,16H,2-9H2,1H3. The average molecular weight is 330 g/mol. The molecule has 0 aliphatic heterocycles. The van der Waals surface area contributed by atoms with Crippen molar-refractivity contribution in [1.82, 2.24) is 0 Å². The van der Waals surface area contributed by atoms with E-state index in [1.54, 1.807) is 0 Å². The lowest BCUT2D eigenvalue weighted by molar-refractivity contribution is -0.140. The van der Waals surface area contributed by atoms with Gasteiger partial charge < -0.3 is 4.74 Å². The Balaban J connectivity index is 1.74. The molecule has 0 atom stereocenters. The second-order valence-corrected chi connectivity index (χ2v) is 7.01. The molecule has 1 heterocycles. The van der Waals surface area contributed by atoms with Crippen molar-refractivity contribution in [2.45, 2.75) is 64.7 Å². The Morgan fingerprint density at radius 3 is 2.64 bits per heavy atom. The number of unbranched alkanes of at least 4 members (excludes halogenated alkanes) is 2. The van der Waals surface area contributed by atoms with Gasteiger partial charge in [0.15, 0.2) is 5.06 Å². The van der Waals surface area contributed by atoms with Gasteiger partial charge in [-0.05, 0) is 31.6 Å². The minimum Gasteiger partial charge on any atom is -0.415 e. The predicted octanol–water partition coefficient (Wildman–Crippen LogP) is 5.98. The van der Waals surface area contributed by atoms with E-state index in [9.17, 15) is 13.6 Å². The van der Waals surface area contributed by atoms with E-state index in [0.717, 1.165) is 42.9 Å². The predicted molar refractivity (Wildman–Crippen MR) is 84.5 cm³/mol. The molecule has 1 aliphatic rings. The topological polar surface area (TPSA) is 26.3 Å². The van der Waals surface area contributed by atoms with Crippen molar-refractivity contribution in [3.05, 3.63) is 17.0 Å². The fourth-order valence-electron chi connectivity index (χ4n) is 3.05. The zero-order valence-electron chi connectivity index (χ0n) is 13.0. The first kappa shape index (κ1) is 17.4. The van der Waals surface area contributed by atoms with E-state index in [1.165, 1.54) is 37.1 Å². The molecular formula is C17H24F2O2S. The second-order valence-electron chi connectivity index (χ2n) is 6.13. The van der Waals surface area contributed by atoms with Gasteiger partial charge in [-0.2, -0.15) is 0 Å².